The van der Waals surface area contributed by atoms with Crippen LogP contribution in [0.3, 0.4) is 0 Å². The lowest BCUT2D eigenvalue weighted by molar-refractivity contribution is -0.145. The van der Waals surface area contributed by atoms with Crippen LogP contribution >= 0.6 is 11.3 Å². The summed E-state index contributed by atoms with van der Waals surface area (Å²) in [6.45, 7) is 18.0. The average molecular weight is 584 g/mol. The molecule has 0 spiro atoms. The molecule has 1 aliphatic carbocycles. The number of aliphatic hydroxyl groups excluding tert-OH is 1. The first kappa shape index (κ1) is 30.6. The van der Waals surface area contributed by atoms with Crippen molar-refractivity contribution in [2.75, 3.05) is 6.54 Å². The van der Waals surface area contributed by atoms with Crippen LogP contribution in [0.2, 0.25) is 0 Å². The number of carbonyl (C=O) groups is 3. The number of alkyl halides is 1. The van der Waals surface area contributed by atoms with E-state index in [9.17, 15) is 19.5 Å². The lowest BCUT2D eigenvalue weighted by Crippen LogP contribution is -2.60. The molecular weight excluding hydrogens is 545 g/mol. The van der Waals surface area contributed by atoms with Gasteiger partial charge in [0.25, 0.3) is 0 Å². The number of halogens is 1. The van der Waals surface area contributed by atoms with Crippen LogP contribution in [0.1, 0.15) is 70.3 Å². The number of nitrogens with zero attached hydrogens (tertiary/aromatic N) is 3. The fraction of sp³-hybridized carbons (Fsp3) is 0.567. The topological polar surface area (TPSA) is 116 Å². The molecule has 1 saturated heterocycles. The van der Waals surface area contributed by atoms with Crippen LogP contribution in [-0.2, 0) is 20.8 Å². The summed E-state index contributed by atoms with van der Waals surface area (Å²) in [5.74, 6) is -1.94. The third-order valence-corrected chi connectivity index (χ3v) is 9.02. The van der Waals surface area contributed by atoms with Crippen LogP contribution < -0.4 is 10.6 Å². The van der Waals surface area contributed by atoms with Crippen molar-refractivity contribution in [3.05, 3.63) is 51.9 Å². The maximum absolute atomic E-state index is 15.3. The SMILES string of the molecule is [C-]#[N+]C1(C(=O)N[C@H](C(=O)N2C[C@H](O)[C@H](F)[C@H]2C(=O)N[C@@H](C)c2ccc(-c3scnc3C)cc2CC)C(C)(C)C)CC1. The average Bonchev–Trinajstić information content (AvgIpc) is 3.52. The predicted molar refractivity (Wildman–Crippen MR) is 155 cm³/mol. The molecule has 3 N–H and O–H groups in total. The van der Waals surface area contributed by atoms with Gasteiger partial charge in [-0.25, -0.2) is 15.9 Å². The molecule has 220 valence electrons. The van der Waals surface area contributed by atoms with Gasteiger partial charge in [-0.2, -0.15) is 0 Å². The van der Waals surface area contributed by atoms with Crippen LogP contribution in [0, 0.1) is 18.9 Å². The predicted octanol–water partition coefficient (Wildman–Crippen LogP) is 3.75. The van der Waals surface area contributed by atoms with Crippen molar-refractivity contribution >= 4 is 29.1 Å². The van der Waals surface area contributed by atoms with E-state index in [1.165, 1.54) is 0 Å². The van der Waals surface area contributed by atoms with Gasteiger partial charge in [0, 0.05) is 12.8 Å². The maximum Gasteiger partial charge on any atom is 0.309 e. The van der Waals surface area contributed by atoms with Gasteiger partial charge in [-0.05, 0) is 48.4 Å². The molecule has 9 nitrogen and oxygen atoms in total. The lowest BCUT2D eigenvalue weighted by atomic mass is 9.85. The number of benzene rings is 1. The number of β-amino-alcohol motifs (C(OH)–C–C–N with tert-alkyl or cyclic N) is 1. The van der Waals surface area contributed by atoms with E-state index in [4.69, 9.17) is 6.57 Å². The molecule has 0 radical (unpaired) electrons. The van der Waals surface area contributed by atoms with E-state index in [1.807, 2.05) is 26.0 Å². The number of amides is 3. The number of aromatic nitrogens is 1. The van der Waals surface area contributed by atoms with Gasteiger partial charge in [-0.3, -0.25) is 19.2 Å². The quantitative estimate of drug-likeness (QED) is 0.410. The number of carbonyl (C=O) groups excluding carboxylic acids is 3. The molecule has 1 saturated carbocycles. The number of aliphatic hydroxyl groups is 1. The minimum absolute atomic E-state index is 0.383. The van der Waals surface area contributed by atoms with Crippen LogP contribution in [0.25, 0.3) is 15.3 Å². The maximum atomic E-state index is 15.3. The highest BCUT2D eigenvalue weighted by molar-refractivity contribution is 7.13. The van der Waals surface area contributed by atoms with Crippen molar-refractivity contribution in [1.29, 1.82) is 0 Å². The second-order valence-corrected chi connectivity index (χ2v) is 13.0. The molecule has 3 amide bonds. The van der Waals surface area contributed by atoms with E-state index >= 15 is 4.39 Å². The molecule has 5 atom stereocenters. The van der Waals surface area contributed by atoms with Crippen LogP contribution in [0.15, 0.2) is 23.7 Å². The Kier molecular flexibility index (Phi) is 8.58. The molecule has 4 rings (SSSR count). The van der Waals surface area contributed by atoms with Crippen molar-refractivity contribution in [1.82, 2.24) is 20.5 Å². The second-order valence-electron chi connectivity index (χ2n) is 12.1. The third kappa shape index (κ3) is 5.99. The fourth-order valence-corrected chi connectivity index (χ4v) is 6.13. The Labute approximate surface area is 244 Å². The monoisotopic (exact) mass is 583 g/mol. The zero-order valence-electron chi connectivity index (χ0n) is 24.3. The van der Waals surface area contributed by atoms with E-state index < -0.39 is 59.1 Å². The summed E-state index contributed by atoms with van der Waals surface area (Å²) in [5.41, 5.74) is 3.69. The number of likely N-dealkylation sites (tertiary alicyclic amines) is 1. The lowest BCUT2D eigenvalue weighted by Gasteiger charge is -2.35. The van der Waals surface area contributed by atoms with Gasteiger partial charge >= 0.3 is 11.4 Å². The van der Waals surface area contributed by atoms with Crippen LogP contribution in [0.4, 0.5) is 4.39 Å². The number of nitrogens with one attached hydrogen (secondary N) is 2. The van der Waals surface area contributed by atoms with Crippen molar-refractivity contribution in [3.63, 3.8) is 0 Å². The zero-order valence-corrected chi connectivity index (χ0v) is 25.1. The summed E-state index contributed by atoms with van der Waals surface area (Å²) in [5, 5.41) is 15.9. The standard InChI is InChI=1S/C30H38FN5O4S/c1-8-18-13-19(24-17(3)33-15-41-24)9-10-20(18)16(2)34-26(38)23-22(31)21(37)14-36(23)27(39)25(29(4,5)6)35-28(40)30(32-7)11-12-30/h9-10,13,15-16,21-23,25,37H,8,11-12,14H2,1-6H3,(H,34,38)(H,35,40)/t16-,21-,22-,23-,25+/m0/s1. The van der Waals surface area contributed by atoms with E-state index in [1.54, 1.807) is 44.5 Å². The first-order chi connectivity index (χ1) is 19.2. The van der Waals surface area contributed by atoms with Crippen LogP contribution in [0.5, 0.6) is 0 Å². The van der Waals surface area contributed by atoms with Gasteiger partial charge in [-0.1, -0.05) is 39.8 Å². The Hall–Kier alpha value is -3.36. The molecule has 11 heteroatoms. The van der Waals surface area contributed by atoms with Crippen molar-refractivity contribution in [2.45, 2.75) is 96.7 Å². The number of hydrogen-bond acceptors (Lipinski definition) is 6. The van der Waals surface area contributed by atoms with Crippen molar-refractivity contribution < 1.29 is 23.9 Å². The van der Waals surface area contributed by atoms with E-state index in [-0.39, 0.29) is 6.54 Å². The highest BCUT2D eigenvalue weighted by atomic mass is 32.1. The molecule has 2 fully saturated rings. The van der Waals surface area contributed by atoms with E-state index in [2.05, 4.69) is 26.5 Å². The Morgan fingerprint density at radius 3 is 2.51 bits per heavy atom. The van der Waals surface area contributed by atoms with E-state index in [0.717, 1.165) is 32.2 Å². The number of rotatable bonds is 8. The van der Waals surface area contributed by atoms with Crippen molar-refractivity contribution in [2.24, 2.45) is 5.41 Å². The highest BCUT2D eigenvalue weighted by Crippen LogP contribution is 2.41. The first-order valence-corrected chi connectivity index (χ1v) is 14.8. The molecular formula is C30H38FN5O4S. The molecule has 41 heavy (non-hydrogen) atoms. The summed E-state index contributed by atoms with van der Waals surface area (Å²) in [6, 6.07) is 2.79. The summed E-state index contributed by atoms with van der Waals surface area (Å²) in [7, 11) is 0. The summed E-state index contributed by atoms with van der Waals surface area (Å²) in [6.07, 6.45) is -2.01. The van der Waals surface area contributed by atoms with Gasteiger partial charge in [0.1, 0.15) is 18.2 Å². The third-order valence-electron chi connectivity index (χ3n) is 8.05. The normalized spacial score (nSPS) is 22.9. The Morgan fingerprint density at radius 1 is 1.29 bits per heavy atom. The Balaban J connectivity index is 1.55. The molecule has 1 aliphatic heterocycles. The molecule has 2 aromatic rings. The van der Waals surface area contributed by atoms with Crippen LogP contribution in [-0.4, -0.2) is 69.2 Å². The van der Waals surface area contributed by atoms with E-state index in [0.29, 0.717) is 19.3 Å². The minimum Gasteiger partial charge on any atom is -0.388 e. The van der Waals surface area contributed by atoms with Gasteiger partial charge in [0.15, 0.2) is 6.17 Å². The van der Waals surface area contributed by atoms with Crippen molar-refractivity contribution in [3.8, 4) is 10.4 Å². The molecule has 0 unspecified atom stereocenters. The number of hydrogen-bond donors (Lipinski definition) is 3. The van der Waals surface area contributed by atoms with Gasteiger partial charge in [0.05, 0.1) is 28.7 Å². The molecule has 0 bridgehead atoms. The summed E-state index contributed by atoms with van der Waals surface area (Å²) < 4.78 is 15.3. The fourth-order valence-electron chi connectivity index (χ4n) is 5.33. The first-order valence-electron chi connectivity index (χ1n) is 13.9. The molecule has 1 aromatic carbocycles. The second kappa shape index (κ2) is 11.5. The Bertz CT molecular complexity index is 1380. The number of thiazole rings is 1. The Morgan fingerprint density at radius 2 is 1.98 bits per heavy atom. The highest BCUT2D eigenvalue weighted by Gasteiger charge is 2.60. The molecule has 2 heterocycles. The molecule has 2 aliphatic rings. The summed E-state index contributed by atoms with van der Waals surface area (Å²) >= 11 is 1.56. The summed E-state index contributed by atoms with van der Waals surface area (Å²) in [4.78, 5) is 50.0. The molecule has 1 aromatic heterocycles. The van der Waals surface area contributed by atoms with Gasteiger partial charge in [0.2, 0.25) is 11.8 Å². The minimum atomic E-state index is -2.00. The number of aryl methyl sites for hydroxylation is 2. The zero-order chi connectivity index (χ0) is 30.3. The van der Waals surface area contributed by atoms with Gasteiger partial charge in [-0.15, -0.1) is 11.3 Å². The van der Waals surface area contributed by atoms with Gasteiger partial charge < -0.3 is 20.6 Å². The smallest absolute Gasteiger partial charge is 0.309 e. The largest absolute Gasteiger partial charge is 0.388 e.